The zero-order valence-corrected chi connectivity index (χ0v) is 13.6. The van der Waals surface area contributed by atoms with E-state index in [2.05, 4.69) is 20.7 Å². The maximum atomic E-state index is 13.7. The summed E-state index contributed by atoms with van der Waals surface area (Å²) in [5.74, 6) is -1.78. The molecule has 0 radical (unpaired) electrons. The third-order valence-electron chi connectivity index (χ3n) is 3.73. The summed E-state index contributed by atoms with van der Waals surface area (Å²) in [6.45, 7) is 1.66. The van der Waals surface area contributed by atoms with Crippen molar-refractivity contribution in [2.45, 2.75) is 19.5 Å². The number of nitrogens with zero attached hydrogens (tertiary/aromatic N) is 5. The Hall–Kier alpha value is -3.10. The molecule has 2 heterocycles. The number of aromatic nitrogens is 5. The largest absolute Gasteiger partial charge is 0.344 e. The lowest BCUT2D eigenvalue weighted by atomic mass is 10.2. The number of hydrogen-bond acceptors (Lipinski definition) is 4. The Morgan fingerprint density at radius 2 is 2.00 bits per heavy atom. The highest BCUT2D eigenvalue weighted by atomic mass is 19.1. The topological polar surface area (TPSA) is 77.6 Å². The SMILES string of the molecule is C[C@H](NC(=O)c1cn(Cc2c(F)cccc2F)nn1)c1cnn(C)c1. The van der Waals surface area contributed by atoms with Crippen LogP contribution < -0.4 is 5.32 Å². The summed E-state index contributed by atoms with van der Waals surface area (Å²) in [4.78, 5) is 12.2. The first kappa shape index (κ1) is 16.7. The molecule has 0 saturated carbocycles. The molecule has 1 aromatic carbocycles. The van der Waals surface area contributed by atoms with E-state index >= 15 is 0 Å². The Morgan fingerprint density at radius 1 is 1.28 bits per heavy atom. The van der Waals surface area contributed by atoms with Gasteiger partial charge in [-0.25, -0.2) is 13.5 Å². The molecule has 7 nitrogen and oxygen atoms in total. The van der Waals surface area contributed by atoms with Crippen molar-refractivity contribution in [1.82, 2.24) is 30.1 Å². The van der Waals surface area contributed by atoms with Gasteiger partial charge in [0.25, 0.3) is 5.91 Å². The summed E-state index contributed by atoms with van der Waals surface area (Å²) in [5, 5.41) is 14.3. The quantitative estimate of drug-likeness (QED) is 0.765. The van der Waals surface area contributed by atoms with Gasteiger partial charge in [0.05, 0.1) is 25.0 Å². The van der Waals surface area contributed by atoms with E-state index in [9.17, 15) is 13.6 Å². The summed E-state index contributed by atoms with van der Waals surface area (Å²) in [5.41, 5.74) is 0.771. The van der Waals surface area contributed by atoms with E-state index in [0.717, 1.165) is 5.56 Å². The zero-order chi connectivity index (χ0) is 18.0. The van der Waals surface area contributed by atoms with Gasteiger partial charge in [0.15, 0.2) is 5.69 Å². The van der Waals surface area contributed by atoms with Crippen molar-refractivity contribution in [2.75, 3.05) is 0 Å². The predicted molar refractivity (Wildman–Crippen MR) is 84.6 cm³/mol. The molecule has 0 aliphatic heterocycles. The van der Waals surface area contributed by atoms with E-state index in [0.29, 0.717) is 0 Å². The second kappa shape index (κ2) is 6.80. The fourth-order valence-corrected chi connectivity index (χ4v) is 2.34. The van der Waals surface area contributed by atoms with Gasteiger partial charge in [0.1, 0.15) is 11.6 Å². The second-order valence-electron chi connectivity index (χ2n) is 5.64. The van der Waals surface area contributed by atoms with Gasteiger partial charge in [-0.15, -0.1) is 5.10 Å². The number of amides is 1. The molecule has 1 N–H and O–H groups in total. The molecular weight excluding hydrogens is 330 g/mol. The monoisotopic (exact) mass is 346 g/mol. The summed E-state index contributed by atoms with van der Waals surface area (Å²) in [6.07, 6.45) is 4.79. The Kier molecular flexibility index (Phi) is 4.55. The van der Waals surface area contributed by atoms with Gasteiger partial charge >= 0.3 is 0 Å². The third-order valence-corrected chi connectivity index (χ3v) is 3.73. The lowest BCUT2D eigenvalue weighted by Crippen LogP contribution is -2.26. The Bertz CT molecular complexity index is 883. The van der Waals surface area contributed by atoms with Crippen LogP contribution in [0.15, 0.2) is 36.8 Å². The van der Waals surface area contributed by atoms with Crippen LogP contribution in [0.4, 0.5) is 8.78 Å². The zero-order valence-electron chi connectivity index (χ0n) is 13.6. The molecule has 2 aromatic heterocycles. The molecule has 25 heavy (non-hydrogen) atoms. The fraction of sp³-hybridized carbons (Fsp3) is 0.250. The average molecular weight is 346 g/mol. The number of carbonyl (C=O) groups is 1. The van der Waals surface area contributed by atoms with Crippen LogP contribution in [0, 0.1) is 11.6 Å². The van der Waals surface area contributed by atoms with E-state index in [4.69, 9.17) is 0 Å². The highest BCUT2D eigenvalue weighted by Crippen LogP contribution is 2.14. The van der Waals surface area contributed by atoms with Gasteiger partial charge in [-0.1, -0.05) is 11.3 Å². The number of halogens is 2. The van der Waals surface area contributed by atoms with Gasteiger partial charge < -0.3 is 5.32 Å². The molecule has 1 atom stereocenters. The molecule has 0 fully saturated rings. The molecule has 0 bridgehead atoms. The lowest BCUT2D eigenvalue weighted by Gasteiger charge is -2.10. The minimum Gasteiger partial charge on any atom is -0.344 e. The first-order valence-corrected chi connectivity index (χ1v) is 7.56. The van der Waals surface area contributed by atoms with Crippen molar-refractivity contribution in [3.05, 3.63) is 65.2 Å². The summed E-state index contributed by atoms with van der Waals surface area (Å²) in [6, 6.07) is 3.35. The minimum atomic E-state index is -0.674. The number of aryl methyl sites for hydroxylation is 1. The number of hydrogen-bond donors (Lipinski definition) is 1. The standard InChI is InChI=1S/C16H16F2N6O/c1-10(11-6-19-23(2)7-11)20-16(25)15-9-24(22-21-15)8-12-13(17)4-3-5-14(12)18/h3-7,9-10H,8H2,1-2H3,(H,20,25)/t10-/m0/s1. The molecule has 0 saturated heterocycles. The van der Waals surface area contributed by atoms with Gasteiger partial charge in [-0.05, 0) is 19.1 Å². The van der Waals surface area contributed by atoms with E-state index in [-0.39, 0.29) is 23.8 Å². The molecule has 3 aromatic rings. The van der Waals surface area contributed by atoms with E-state index in [1.807, 2.05) is 6.92 Å². The van der Waals surface area contributed by atoms with Crippen molar-refractivity contribution in [3.63, 3.8) is 0 Å². The van der Waals surface area contributed by atoms with E-state index < -0.39 is 17.5 Å². The van der Waals surface area contributed by atoms with Crippen molar-refractivity contribution in [1.29, 1.82) is 0 Å². The molecule has 9 heteroatoms. The molecule has 1 amide bonds. The maximum absolute atomic E-state index is 13.7. The molecule has 0 aliphatic rings. The highest BCUT2D eigenvalue weighted by Gasteiger charge is 2.17. The molecule has 3 rings (SSSR count). The highest BCUT2D eigenvalue weighted by molar-refractivity contribution is 5.92. The maximum Gasteiger partial charge on any atom is 0.273 e. The minimum absolute atomic E-state index is 0.0625. The van der Waals surface area contributed by atoms with E-state index in [1.165, 1.54) is 29.1 Å². The number of nitrogens with one attached hydrogen (secondary N) is 1. The van der Waals surface area contributed by atoms with Crippen molar-refractivity contribution < 1.29 is 13.6 Å². The Labute approximate surface area is 142 Å². The molecule has 0 unspecified atom stereocenters. The first-order valence-electron chi connectivity index (χ1n) is 7.56. The van der Waals surface area contributed by atoms with Crippen molar-refractivity contribution in [3.8, 4) is 0 Å². The number of carbonyl (C=O) groups excluding carboxylic acids is 1. The lowest BCUT2D eigenvalue weighted by molar-refractivity contribution is 0.0934. The van der Waals surface area contributed by atoms with E-state index in [1.54, 1.807) is 24.1 Å². The number of rotatable bonds is 5. The molecular formula is C16H16F2N6O. The summed E-state index contributed by atoms with van der Waals surface area (Å²) < 4.78 is 30.2. The smallest absolute Gasteiger partial charge is 0.273 e. The van der Waals surface area contributed by atoms with Crippen LogP contribution >= 0.6 is 0 Å². The first-order chi connectivity index (χ1) is 11.9. The summed E-state index contributed by atoms with van der Waals surface area (Å²) >= 11 is 0. The van der Waals surface area contributed by atoms with Crippen LogP contribution in [0.2, 0.25) is 0 Å². The van der Waals surface area contributed by atoms with Crippen LogP contribution in [-0.2, 0) is 13.6 Å². The van der Waals surface area contributed by atoms with Crippen LogP contribution in [-0.4, -0.2) is 30.7 Å². The van der Waals surface area contributed by atoms with Crippen molar-refractivity contribution >= 4 is 5.91 Å². The van der Waals surface area contributed by atoms with Crippen molar-refractivity contribution in [2.24, 2.45) is 7.05 Å². The number of benzene rings is 1. The summed E-state index contributed by atoms with van der Waals surface area (Å²) in [7, 11) is 1.78. The second-order valence-corrected chi connectivity index (χ2v) is 5.64. The van der Waals surface area contributed by atoms with Crippen LogP contribution in [0.25, 0.3) is 0 Å². The van der Waals surface area contributed by atoms with Gasteiger partial charge in [0, 0.05) is 24.4 Å². The fourth-order valence-electron chi connectivity index (χ4n) is 2.34. The normalized spacial score (nSPS) is 12.2. The van der Waals surface area contributed by atoms with Gasteiger partial charge in [0.2, 0.25) is 0 Å². The Morgan fingerprint density at radius 3 is 2.64 bits per heavy atom. The average Bonchev–Trinajstić information content (AvgIpc) is 3.20. The third kappa shape index (κ3) is 3.70. The van der Waals surface area contributed by atoms with Crippen LogP contribution in [0.3, 0.4) is 0 Å². The van der Waals surface area contributed by atoms with Gasteiger partial charge in [-0.3, -0.25) is 9.48 Å². The van der Waals surface area contributed by atoms with Crippen LogP contribution in [0.5, 0.6) is 0 Å². The molecule has 0 spiro atoms. The van der Waals surface area contributed by atoms with Crippen LogP contribution in [0.1, 0.15) is 34.6 Å². The predicted octanol–water partition coefficient (Wildman–Crippen LogP) is 1.83. The van der Waals surface area contributed by atoms with Gasteiger partial charge in [-0.2, -0.15) is 5.10 Å². The molecule has 130 valence electrons. The molecule has 0 aliphatic carbocycles. The Balaban J connectivity index is 1.69.